The molecule has 0 saturated heterocycles. The lowest BCUT2D eigenvalue weighted by atomic mass is 9.90. The maximum absolute atomic E-state index is 11.1. The van der Waals surface area contributed by atoms with Crippen molar-refractivity contribution in [1.29, 1.82) is 0 Å². The number of hydrogen-bond donors (Lipinski definition) is 1. The van der Waals surface area contributed by atoms with Gasteiger partial charge in [0.2, 0.25) is 0 Å². The molecule has 1 aromatic carbocycles. The molecule has 0 amide bonds. The Morgan fingerprint density at radius 1 is 1.35 bits per heavy atom. The molecule has 0 spiro atoms. The molecular weight excluding hydrogens is 276 g/mol. The Balaban J connectivity index is 1.87. The second-order valence-corrected chi connectivity index (χ2v) is 6.33. The lowest BCUT2D eigenvalue weighted by Crippen LogP contribution is -2.25. The summed E-state index contributed by atoms with van der Waals surface area (Å²) >= 11 is 6.10. The van der Waals surface area contributed by atoms with Gasteiger partial charge in [0.15, 0.2) is 0 Å². The Labute approximate surface area is 123 Å². The third-order valence-electron chi connectivity index (χ3n) is 4.30. The first-order valence-corrected chi connectivity index (χ1v) is 7.69. The zero-order valence-electron chi connectivity index (χ0n) is 11.3. The first-order valence-electron chi connectivity index (χ1n) is 7.31. The molecule has 0 aliphatic heterocycles. The van der Waals surface area contributed by atoms with Crippen LogP contribution < -0.4 is 4.74 Å². The zero-order valence-corrected chi connectivity index (χ0v) is 12.1. The van der Waals surface area contributed by atoms with Gasteiger partial charge in [-0.25, -0.2) is 0 Å². The molecule has 0 bridgehead atoms. The van der Waals surface area contributed by atoms with E-state index in [1.807, 2.05) is 18.2 Å². The van der Waals surface area contributed by atoms with Gasteiger partial charge < -0.3 is 9.84 Å². The second kappa shape index (κ2) is 5.65. The average molecular weight is 295 g/mol. The zero-order chi connectivity index (χ0) is 14.1. The van der Waals surface area contributed by atoms with E-state index in [1.54, 1.807) is 0 Å². The van der Waals surface area contributed by atoms with Gasteiger partial charge in [0.25, 0.3) is 0 Å². The predicted molar refractivity (Wildman–Crippen MR) is 77.4 cm³/mol. The summed E-state index contributed by atoms with van der Waals surface area (Å²) in [5.41, 5.74) is 0.981. The average Bonchev–Trinajstić information content (AvgIpc) is 3.16. The molecule has 1 aromatic rings. The van der Waals surface area contributed by atoms with Crippen LogP contribution in [0.1, 0.15) is 50.0 Å². The normalized spacial score (nSPS) is 20.2. The van der Waals surface area contributed by atoms with Gasteiger partial charge >= 0.3 is 5.97 Å². The number of aliphatic carboxylic acids is 1. The highest BCUT2D eigenvalue weighted by atomic mass is 35.5. The molecule has 0 radical (unpaired) electrons. The number of hydrogen-bond acceptors (Lipinski definition) is 2. The molecule has 4 heteroatoms. The minimum atomic E-state index is -0.753. The van der Waals surface area contributed by atoms with Crippen molar-refractivity contribution in [3.63, 3.8) is 0 Å². The smallest absolute Gasteiger partial charge is 0.303 e. The molecule has 20 heavy (non-hydrogen) atoms. The van der Waals surface area contributed by atoms with E-state index >= 15 is 0 Å². The number of carbonyl (C=O) groups is 1. The Kier molecular flexibility index (Phi) is 3.88. The van der Waals surface area contributed by atoms with Gasteiger partial charge in [0.05, 0.1) is 12.5 Å². The molecule has 0 heterocycles. The maximum Gasteiger partial charge on any atom is 0.303 e. The predicted octanol–water partition coefficient (Wildman–Crippen LogP) is 4.24. The molecule has 3 nitrogen and oxygen atoms in total. The van der Waals surface area contributed by atoms with Crippen LogP contribution in [-0.2, 0) is 4.79 Å². The standard InChI is InChI=1S/C16H19ClO3/c17-11-6-7-15(20-12-2-1-3-12)14(8-11)13(9-16(18)19)10-4-5-10/h6-8,10,12-13H,1-5,9H2,(H,18,19). The van der Waals surface area contributed by atoms with Crippen LogP contribution in [0.25, 0.3) is 0 Å². The number of carboxylic acids is 1. The number of benzene rings is 1. The molecule has 1 atom stereocenters. The van der Waals surface area contributed by atoms with E-state index in [2.05, 4.69) is 0 Å². The van der Waals surface area contributed by atoms with Crippen molar-refractivity contribution in [2.24, 2.45) is 5.92 Å². The highest BCUT2D eigenvalue weighted by molar-refractivity contribution is 6.30. The largest absolute Gasteiger partial charge is 0.490 e. The molecule has 2 aliphatic carbocycles. The van der Waals surface area contributed by atoms with Gasteiger partial charge in [-0.15, -0.1) is 0 Å². The monoisotopic (exact) mass is 294 g/mol. The van der Waals surface area contributed by atoms with Crippen LogP contribution in [0, 0.1) is 5.92 Å². The number of halogens is 1. The van der Waals surface area contributed by atoms with Crippen LogP contribution in [0.5, 0.6) is 5.75 Å². The van der Waals surface area contributed by atoms with E-state index in [4.69, 9.17) is 21.4 Å². The Hall–Kier alpha value is -1.22. The van der Waals surface area contributed by atoms with Crippen molar-refractivity contribution < 1.29 is 14.6 Å². The summed E-state index contributed by atoms with van der Waals surface area (Å²) in [4.78, 5) is 11.1. The van der Waals surface area contributed by atoms with Crippen molar-refractivity contribution in [2.45, 2.75) is 50.5 Å². The maximum atomic E-state index is 11.1. The van der Waals surface area contributed by atoms with Gasteiger partial charge in [0.1, 0.15) is 5.75 Å². The SMILES string of the molecule is O=C(O)CC(c1cc(Cl)ccc1OC1CCC1)C1CC1. The third-order valence-corrected chi connectivity index (χ3v) is 4.54. The topological polar surface area (TPSA) is 46.5 Å². The number of ether oxygens (including phenoxy) is 1. The Morgan fingerprint density at radius 3 is 2.65 bits per heavy atom. The Morgan fingerprint density at radius 2 is 2.10 bits per heavy atom. The summed E-state index contributed by atoms with van der Waals surface area (Å²) in [5.74, 6) is 0.573. The van der Waals surface area contributed by atoms with Crippen molar-refractivity contribution in [3.05, 3.63) is 28.8 Å². The lowest BCUT2D eigenvalue weighted by molar-refractivity contribution is -0.137. The van der Waals surface area contributed by atoms with E-state index in [0.29, 0.717) is 17.0 Å². The van der Waals surface area contributed by atoms with Crippen LogP contribution in [0.4, 0.5) is 0 Å². The van der Waals surface area contributed by atoms with Gasteiger partial charge in [-0.1, -0.05) is 11.6 Å². The van der Waals surface area contributed by atoms with E-state index in [0.717, 1.165) is 37.0 Å². The minimum Gasteiger partial charge on any atom is -0.490 e. The van der Waals surface area contributed by atoms with E-state index < -0.39 is 5.97 Å². The number of carboxylic acid groups (broad SMARTS) is 1. The fourth-order valence-electron chi connectivity index (χ4n) is 2.80. The van der Waals surface area contributed by atoms with Gasteiger partial charge in [-0.2, -0.15) is 0 Å². The summed E-state index contributed by atoms with van der Waals surface area (Å²) in [5, 5.41) is 9.80. The van der Waals surface area contributed by atoms with Crippen LogP contribution in [-0.4, -0.2) is 17.2 Å². The summed E-state index contributed by atoms with van der Waals surface area (Å²) < 4.78 is 6.03. The van der Waals surface area contributed by atoms with Gasteiger partial charge in [0, 0.05) is 10.9 Å². The van der Waals surface area contributed by atoms with Gasteiger partial charge in [-0.3, -0.25) is 4.79 Å². The van der Waals surface area contributed by atoms with E-state index in [9.17, 15) is 4.79 Å². The first-order chi connectivity index (χ1) is 9.63. The van der Waals surface area contributed by atoms with Crippen molar-refractivity contribution >= 4 is 17.6 Å². The molecule has 3 rings (SSSR count). The third kappa shape index (κ3) is 3.09. The summed E-state index contributed by atoms with van der Waals surface area (Å²) in [7, 11) is 0. The van der Waals surface area contributed by atoms with Crippen molar-refractivity contribution in [2.75, 3.05) is 0 Å². The quantitative estimate of drug-likeness (QED) is 0.853. The van der Waals surface area contributed by atoms with Crippen LogP contribution in [0.15, 0.2) is 18.2 Å². The van der Waals surface area contributed by atoms with E-state index in [1.165, 1.54) is 6.42 Å². The van der Waals surface area contributed by atoms with Crippen molar-refractivity contribution in [3.8, 4) is 5.75 Å². The Bertz CT molecular complexity index is 506. The van der Waals surface area contributed by atoms with E-state index in [-0.39, 0.29) is 12.3 Å². The highest BCUT2D eigenvalue weighted by Crippen LogP contribution is 2.48. The molecule has 2 aliphatic rings. The van der Waals surface area contributed by atoms with Crippen LogP contribution >= 0.6 is 11.6 Å². The number of rotatable bonds is 6. The van der Waals surface area contributed by atoms with Gasteiger partial charge in [-0.05, 0) is 61.8 Å². The molecule has 2 saturated carbocycles. The van der Waals surface area contributed by atoms with Crippen LogP contribution in [0.2, 0.25) is 5.02 Å². The molecule has 2 fully saturated rings. The lowest BCUT2D eigenvalue weighted by Gasteiger charge is -2.29. The second-order valence-electron chi connectivity index (χ2n) is 5.89. The van der Waals surface area contributed by atoms with Crippen molar-refractivity contribution in [1.82, 2.24) is 0 Å². The summed E-state index contributed by atoms with van der Waals surface area (Å²) in [6, 6.07) is 5.61. The summed E-state index contributed by atoms with van der Waals surface area (Å²) in [6.45, 7) is 0. The minimum absolute atomic E-state index is 0.0290. The molecular formula is C16H19ClO3. The highest BCUT2D eigenvalue weighted by Gasteiger charge is 2.36. The summed E-state index contributed by atoms with van der Waals surface area (Å²) in [6.07, 6.45) is 6.06. The molecule has 1 N–H and O–H groups in total. The molecule has 1 unspecified atom stereocenters. The fraction of sp³-hybridized carbons (Fsp3) is 0.562. The fourth-order valence-corrected chi connectivity index (χ4v) is 2.98. The molecule has 108 valence electrons. The molecule has 0 aromatic heterocycles. The van der Waals surface area contributed by atoms with Crippen LogP contribution in [0.3, 0.4) is 0 Å². The first kappa shape index (κ1) is 13.7.